The zero-order chi connectivity index (χ0) is 18.7. The van der Waals surface area contributed by atoms with Gasteiger partial charge >= 0.3 is 0 Å². The van der Waals surface area contributed by atoms with E-state index in [1.165, 1.54) is 0 Å². The molecule has 1 heterocycles. The largest absolute Gasteiger partial charge is 0.496 e. The van der Waals surface area contributed by atoms with Crippen LogP contribution in [0.2, 0.25) is 0 Å². The zero-order valence-corrected chi connectivity index (χ0v) is 16.3. The van der Waals surface area contributed by atoms with Crippen LogP contribution in [0.25, 0.3) is 0 Å². The first kappa shape index (κ1) is 18.7. The van der Waals surface area contributed by atoms with Crippen molar-refractivity contribution in [3.63, 3.8) is 0 Å². The molecule has 26 heavy (non-hydrogen) atoms. The van der Waals surface area contributed by atoms with Crippen LogP contribution in [0.15, 0.2) is 47.4 Å². The van der Waals surface area contributed by atoms with Gasteiger partial charge in [0.25, 0.3) is 10.0 Å². The Bertz CT molecular complexity index is 874. The van der Waals surface area contributed by atoms with Gasteiger partial charge in [-0.15, -0.1) is 0 Å². The van der Waals surface area contributed by atoms with E-state index in [2.05, 4.69) is 16.5 Å². The summed E-state index contributed by atoms with van der Waals surface area (Å²) in [5.74, 6) is 1.18. The number of hydrogen-bond acceptors (Lipinski definition) is 4. The van der Waals surface area contributed by atoms with E-state index in [1.54, 1.807) is 31.4 Å². The van der Waals surface area contributed by atoms with Crippen molar-refractivity contribution in [2.24, 2.45) is 0 Å². The summed E-state index contributed by atoms with van der Waals surface area (Å²) in [5.41, 5.74) is 2.54. The van der Waals surface area contributed by atoms with Crippen molar-refractivity contribution in [3.8, 4) is 5.75 Å². The summed E-state index contributed by atoms with van der Waals surface area (Å²) in [5, 5.41) is 0. The van der Waals surface area contributed by atoms with Crippen LogP contribution in [0, 0.1) is 6.92 Å². The molecule has 2 aromatic carbocycles. The Kier molecular flexibility index (Phi) is 5.53. The molecule has 0 aliphatic carbocycles. The smallest absolute Gasteiger partial charge is 0.261 e. The monoisotopic (exact) mass is 374 g/mol. The Morgan fingerprint density at radius 1 is 1.19 bits per heavy atom. The highest BCUT2D eigenvalue weighted by atomic mass is 32.2. The minimum absolute atomic E-state index is 0.271. The minimum atomic E-state index is -3.61. The van der Waals surface area contributed by atoms with Crippen LogP contribution in [-0.2, 0) is 10.0 Å². The Labute approximate surface area is 156 Å². The Hall–Kier alpha value is -2.05. The molecule has 3 rings (SSSR count). The topological polar surface area (TPSA) is 58.6 Å². The maximum Gasteiger partial charge on any atom is 0.261 e. The molecule has 0 bridgehead atoms. The molecule has 0 radical (unpaired) electrons. The average molecular weight is 375 g/mol. The Morgan fingerprint density at radius 3 is 2.62 bits per heavy atom. The third-order valence-corrected chi connectivity index (χ3v) is 6.10. The molecule has 0 spiro atoms. The number of methoxy groups -OCH3 is 1. The molecule has 1 aliphatic rings. The second-order valence-corrected chi connectivity index (χ2v) is 8.52. The van der Waals surface area contributed by atoms with Gasteiger partial charge in [0.05, 0.1) is 12.0 Å². The van der Waals surface area contributed by atoms with E-state index in [-0.39, 0.29) is 4.90 Å². The Morgan fingerprint density at radius 2 is 1.96 bits per heavy atom. The highest BCUT2D eigenvalue weighted by Crippen LogP contribution is 2.35. The van der Waals surface area contributed by atoms with E-state index in [0.29, 0.717) is 11.6 Å². The fraction of sp³-hybridized carbons (Fsp3) is 0.400. The summed E-state index contributed by atoms with van der Waals surface area (Å²) in [6.07, 6.45) is 1.14. The van der Waals surface area contributed by atoms with Crippen LogP contribution in [0.4, 0.5) is 5.69 Å². The number of likely N-dealkylation sites (tertiary alicyclic amines) is 1. The van der Waals surface area contributed by atoms with Gasteiger partial charge in [0.2, 0.25) is 0 Å². The number of aryl methyl sites for hydroxylation is 1. The van der Waals surface area contributed by atoms with Gasteiger partial charge < -0.3 is 9.64 Å². The van der Waals surface area contributed by atoms with E-state index in [1.807, 2.05) is 25.1 Å². The summed E-state index contributed by atoms with van der Waals surface area (Å²) >= 11 is 0. The van der Waals surface area contributed by atoms with Crippen LogP contribution < -0.4 is 9.46 Å². The van der Waals surface area contributed by atoms with Crippen molar-refractivity contribution < 1.29 is 13.2 Å². The predicted molar refractivity (Wildman–Crippen MR) is 104 cm³/mol. The van der Waals surface area contributed by atoms with Gasteiger partial charge in [0, 0.05) is 30.3 Å². The standard InChI is InChI=1S/C20H26N2O3S/c1-4-10-22-13-16(14-22)19-12-17(8-9-20(19)25-3)21-26(23,24)18-7-5-6-15(2)11-18/h5-9,11-12,16,21H,4,10,13-14H2,1-3H3. The zero-order valence-electron chi connectivity index (χ0n) is 15.5. The number of hydrogen-bond donors (Lipinski definition) is 1. The molecule has 5 nitrogen and oxygen atoms in total. The van der Waals surface area contributed by atoms with Gasteiger partial charge in [0.1, 0.15) is 5.75 Å². The third kappa shape index (κ3) is 4.02. The maximum absolute atomic E-state index is 12.7. The van der Waals surface area contributed by atoms with E-state index < -0.39 is 10.0 Å². The first-order valence-electron chi connectivity index (χ1n) is 8.92. The summed E-state index contributed by atoms with van der Waals surface area (Å²) in [4.78, 5) is 2.67. The van der Waals surface area contributed by atoms with Crippen molar-refractivity contribution in [1.82, 2.24) is 4.90 Å². The molecule has 0 aromatic heterocycles. The number of nitrogens with zero attached hydrogens (tertiary/aromatic N) is 1. The number of rotatable bonds is 7. The molecule has 6 heteroatoms. The second kappa shape index (κ2) is 7.68. The molecule has 1 saturated heterocycles. The van der Waals surface area contributed by atoms with Gasteiger partial charge in [-0.3, -0.25) is 4.72 Å². The predicted octanol–water partition coefficient (Wildman–Crippen LogP) is 3.61. The number of sulfonamides is 1. The van der Waals surface area contributed by atoms with Gasteiger partial charge in [-0.05, 0) is 55.8 Å². The van der Waals surface area contributed by atoms with Crippen LogP contribution >= 0.6 is 0 Å². The SMILES string of the molecule is CCCN1CC(c2cc(NS(=O)(=O)c3cccc(C)c3)ccc2OC)C1. The normalized spacial score (nSPS) is 15.5. The molecular weight excluding hydrogens is 348 g/mol. The first-order valence-corrected chi connectivity index (χ1v) is 10.4. The van der Waals surface area contributed by atoms with Crippen molar-refractivity contribution in [2.45, 2.75) is 31.1 Å². The highest BCUT2D eigenvalue weighted by molar-refractivity contribution is 7.92. The van der Waals surface area contributed by atoms with Crippen molar-refractivity contribution in [3.05, 3.63) is 53.6 Å². The third-order valence-electron chi connectivity index (χ3n) is 4.72. The van der Waals surface area contributed by atoms with Crippen LogP contribution in [0.1, 0.15) is 30.4 Å². The summed E-state index contributed by atoms with van der Waals surface area (Å²) < 4.78 is 33.5. The van der Waals surface area contributed by atoms with E-state index >= 15 is 0 Å². The molecule has 1 N–H and O–H groups in total. The lowest BCUT2D eigenvalue weighted by Crippen LogP contribution is -2.45. The molecule has 0 amide bonds. The minimum Gasteiger partial charge on any atom is -0.496 e. The van der Waals surface area contributed by atoms with Gasteiger partial charge in [-0.1, -0.05) is 19.1 Å². The summed E-state index contributed by atoms with van der Waals surface area (Å²) in [7, 11) is -1.96. The molecule has 1 fully saturated rings. The van der Waals surface area contributed by atoms with E-state index in [4.69, 9.17) is 4.74 Å². The first-order chi connectivity index (χ1) is 12.4. The second-order valence-electron chi connectivity index (χ2n) is 6.84. The lowest BCUT2D eigenvalue weighted by atomic mass is 9.90. The number of nitrogens with one attached hydrogen (secondary N) is 1. The molecule has 0 saturated carbocycles. The fourth-order valence-electron chi connectivity index (χ4n) is 3.38. The molecule has 0 unspecified atom stereocenters. The van der Waals surface area contributed by atoms with Crippen LogP contribution in [-0.4, -0.2) is 40.1 Å². The highest BCUT2D eigenvalue weighted by Gasteiger charge is 2.30. The summed E-state index contributed by atoms with van der Waals surface area (Å²) in [6.45, 7) is 7.12. The average Bonchev–Trinajstić information content (AvgIpc) is 2.57. The van der Waals surface area contributed by atoms with Crippen molar-refractivity contribution in [2.75, 3.05) is 31.5 Å². The van der Waals surface area contributed by atoms with Gasteiger partial charge in [-0.2, -0.15) is 0 Å². The van der Waals surface area contributed by atoms with Crippen molar-refractivity contribution in [1.29, 1.82) is 0 Å². The number of ether oxygens (including phenoxy) is 1. The molecule has 1 aliphatic heterocycles. The summed E-state index contributed by atoms with van der Waals surface area (Å²) in [6, 6.07) is 12.4. The van der Waals surface area contributed by atoms with E-state index in [0.717, 1.165) is 42.9 Å². The fourth-order valence-corrected chi connectivity index (χ4v) is 4.53. The number of anilines is 1. The molecule has 0 atom stereocenters. The van der Waals surface area contributed by atoms with Crippen molar-refractivity contribution >= 4 is 15.7 Å². The van der Waals surface area contributed by atoms with Gasteiger partial charge in [0.15, 0.2) is 0 Å². The number of benzene rings is 2. The quantitative estimate of drug-likeness (QED) is 0.804. The molecular formula is C20H26N2O3S. The van der Waals surface area contributed by atoms with Crippen LogP contribution in [0.5, 0.6) is 5.75 Å². The molecule has 2 aromatic rings. The Balaban J connectivity index is 1.82. The van der Waals surface area contributed by atoms with Gasteiger partial charge in [-0.25, -0.2) is 8.42 Å². The molecule has 140 valence electrons. The maximum atomic E-state index is 12.7. The van der Waals surface area contributed by atoms with E-state index in [9.17, 15) is 8.42 Å². The van der Waals surface area contributed by atoms with Crippen LogP contribution in [0.3, 0.4) is 0 Å². The lowest BCUT2D eigenvalue weighted by molar-refractivity contribution is 0.147. The lowest BCUT2D eigenvalue weighted by Gasteiger charge is -2.40.